The highest BCUT2D eigenvalue weighted by Crippen LogP contribution is 2.15. The first-order valence-electron chi connectivity index (χ1n) is 6.01. The minimum atomic E-state index is -0.768. The van der Waals surface area contributed by atoms with Gasteiger partial charge in [-0.2, -0.15) is 0 Å². The van der Waals surface area contributed by atoms with E-state index in [1.165, 1.54) is 0 Å². The minimum Gasteiger partial charge on any atom is -0.497 e. The molecule has 1 aliphatic heterocycles. The monoisotopic (exact) mass is 250 g/mol. The zero-order chi connectivity index (χ0) is 13.0. The maximum Gasteiger partial charge on any atom is 0.322 e. The maximum absolute atomic E-state index is 11.2. The second-order valence-electron chi connectivity index (χ2n) is 4.38. The van der Waals surface area contributed by atoms with Gasteiger partial charge in [0.05, 0.1) is 7.11 Å². The van der Waals surface area contributed by atoms with Crippen LogP contribution in [0.3, 0.4) is 0 Å². The van der Waals surface area contributed by atoms with Crippen LogP contribution in [0.2, 0.25) is 0 Å². The summed E-state index contributed by atoms with van der Waals surface area (Å²) in [7, 11) is 1.63. The van der Waals surface area contributed by atoms with E-state index in [4.69, 9.17) is 9.84 Å². The second kappa shape index (κ2) is 5.84. The van der Waals surface area contributed by atoms with Crippen molar-refractivity contribution in [3.8, 4) is 5.75 Å². The van der Waals surface area contributed by atoms with Crippen LogP contribution in [0.5, 0.6) is 5.75 Å². The lowest BCUT2D eigenvalue weighted by Gasteiger charge is -2.33. The lowest BCUT2D eigenvalue weighted by molar-refractivity contribution is -0.144. The summed E-state index contributed by atoms with van der Waals surface area (Å²) < 4.78 is 5.10. The Balaban J connectivity index is 2.03. The standard InChI is InChI=1S/C13H18N2O3/c1-18-11-4-2-10(3-5-11)9-15-7-6-14-8-12(15)13(16)17/h2-5,12,14H,6-9H2,1H3,(H,16,17)/t12-/m1/s1. The fourth-order valence-electron chi connectivity index (χ4n) is 2.14. The Morgan fingerprint density at radius 1 is 1.50 bits per heavy atom. The predicted molar refractivity (Wildman–Crippen MR) is 67.7 cm³/mol. The van der Waals surface area contributed by atoms with Gasteiger partial charge in [-0.3, -0.25) is 9.69 Å². The highest BCUT2D eigenvalue weighted by atomic mass is 16.5. The predicted octanol–water partition coefficient (Wildman–Crippen LogP) is 0.554. The molecule has 18 heavy (non-hydrogen) atoms. The van der Waals surface area contributed by atoms with Gasteiger partial charge in [0, 0.05) is 26.2 Å². The molecular formula is C13H18N2O3. The number of ether oxygens (including phenoxy) is 1. The smallest absolute Gasteiger partial charge is 0.322 e. The fourth-order valence-corrected chi connectivity index (χ4v) is 2.14. The summed E-state index contributed by atoms with van der Waals surface area (Å²) in [4.78, 5) is 13.1. The summed E-state index contributed by atoms with van der Waals surface area (Å²) in [6.07, 6.45) is 0. The van der Waals surface area contributed by atoms with Gasteiger partial charge in [0.25, 0.3) is 0 Å². The first-order chi connectivity index (χ1) is 8.70. The van der Waals surface area contributed by atoms with Crippen molar-refractivity contribution >= 4 is 5.97 Å². The van der Waals surface area contributed by atoms with E-state index in [0.717, 1.165) is 24.4 Å². The van der Waals surface area contributed by atoms with E-state index in [9.17, 15) is 4.79 Å². The van der Waals surface area contributed by atoms with Crippen LogP contribution in [0, 0.1) is 0 Å². The molecule has 1 aromatic carbocycles. The molecular weight excluding hydrogens is 232 g/mol. The molecule has 0 saturated carbocycles. The fraction of sp³-hybridized carbons (Fsp3) is 0.462. The quantitative estimate of drug-likeness (QED) is 0.817. The lowest BCUT2D eigenvalue weighted by Crippen LogP contribution is -2.54. The van der Waals surface area contributed by atoms with Crippen LogP contribution in [-0.4, -0.2) is 48.8 Å². The molecule has 1 fully saturated rings. The van der Waals surface area contributed by atoms with Gasteiger partial charge >= 0.3 is 5.97 Å². The van der Waals surface area contributed by atoms with Gasteiger partial charge in [-0.1, -0.05) is 12.1 Å². The van der Waals surface area contributed by atoms with Gasteiger partial charge in [0.15, 0.2) is 0 Å². The van der Waals surface area contributed by atoms with Gasteiger partial charge in [0.2, 0.25) is 0 Å². The molecule has 0 aromatic heterocycles. The number of aliphatic carboxylic acids is 1. The Bertz CT molecular complexity index is 405. The number of rotatable bonds is 4. The Hall–Kier alpha value is -1.59. The zero-order valence-electron chi connectivity index (χ0n) is 10.4. The highest BCUT2D eigenvalue weighted by molar-refractivity contribution is 5.74. The molecule has 1 saturated heterocycles. The first-order valence-corrected chi connectivity index (χ1v) is 6.01. The zero-order valence-corrected chi connectivity index (χ0v) is 10.4. The van der Waals surface area contributed by atoms with Crippen LogP contribution < -0.4 is 10.1 Å². The first kappa shape index (κ1) is 12.9. The van der Waals surface area contributed by atoms with Crippen molar-refractivity contribution in [3.63, 3.8) is 0 Å². The number of carbonyl (C=O) groups is 1. The Morgan fingerprint density at radius 3 is 2.83 bits per heavy atom. The van der Waals surface area contributed by atoms with Crippen LogP contribution in [0.4, 0.5) is 0 Å². The van der Waals surface area contributed by atoms with E-state index < -0.39 is 12.0 Å². The molecule has 0 bridgehead atoms. The number of carboxylic acids is 1. The molecule has 1 atom stereocenters. The third-order valence-electron chi connectivity index (χ3n) is 3.18. The topological polar surface area (TPSA) is 61.8 Å². The molecule has 0 unspecified atom stereocenters. The summed E-state index contributed by atoms with van der Waals surface area (Å²) in [5.74, 6) is 0.0459. The third kappa shape index (κ3) is 3.00. The molecule has 5 nitrogen and oxygen atoms in total. The van der Waals surface area contributed by atoms with E-state index in [0.29, 0.717) is 13.1 Å². The molecule has 98 valence electrons. The Morgan fingerprint density at radius 2 is 2.22 bits per heavy atom. The average Bonchev–Trinajstić information content (AvgIpc) is 2.40. The molecule has 2 N–H and O–H groups in total. The van der Waals surface area contributed by atoms with Gasteiger partial charge < -0.3 is 15.2 Å². The molecule has 0 aliphatic carbocycles. The van der Waals surface area contributed by atoms with Crippen molar-refractivity contribution in [2.45, 2.75) is 12.6 Å². The summed E-state index contributed by atoms with van der Waals surface area (Å²) in [5.41, 5.74) is 1.10. The SMILES string of the molecule is COc1ccc(CN2CCNC[C@@H]2C(=O)O)cc1. The molecule has 0 amide bonds. The number of nitrogens with one attached hydrogen (secondary N) is 1. The number of carboxylic acid groups (broad SMARTS) is 1. The van der Waals surface area contributed by atoms with E-state index in [1.807, 2.05) is 29.2 Å². The summed E-state index contributed by atoms with van der Waals surface area (Å²) in [6, 6.07) is 7.29. The largest absolute Gasteiger partial charge is 0.497 e. The molecule has 1 aliphatic rings. The number of nitrogens with zero attached hydrogens (tertiary/aromatic N) is 1. The van der Waals surface area contributed by atoms with Crippen LogP contribution in [0.15, 0.2) is 24.3 Å². The van der Waals surface area contributed by atoms with Crippen LogP contribution in [-0.2, 0) is 11.3 Å². The number of methoxy groups -OCH3 is 1. The van der Waals surface area contributed by atoms with E-state index in [1.54, 1.807) is 7.11 Å². The second-order valence-corrected chi connectivity index (χ2v) is 4.38. The van der Waals surface area contributed by atoms with Crippen molar-refractivity contribution in [2.75, 3.05) is 26.7 Å². The Labute approximate surface area is 106 Å². The molecule has 0 spiro atoms. The summed E-state index contributed by atoms with van der Waals surface area (Å²) in [6.45, 7) is 2.75. The molecule has 0 radical (unpaired) electrons. The average molecular weight is 250 g/mol. The summed E-state index contributed by atoms with van der Waals surface area (Å²) >= 11 is 0. The lowest BCUT2D eigenvalue weighted by atomic mass is 10.1. The molecule has 5 heteroatoms. The highest BCUT2D eigenvalue weighted by Gasteiger charge is 2.27. The van der Waals surface area contributed by atoms with Crippen molar-refractivity contribution < 1.29 is 14.6 Å². The van der Waals surface area contributed by atoms with Crippen molar-refractivity contribution in [1.82, 2.24) is 10.2 Å². The summed E-state index contributed by atoms with van der Waals surface area (Å²) in [5, 5.41) is 12.3. The van der Waals surface area contributed by atoms with Gasteiger partial charge in [-0.05, 0) is 17.7 Å². The number of hydrogen-bond acceptors (Lipinski definition) is 4. The number of hydrogen-bond donors (Lipinski definition) is 2. The molecule has 2 rings (SSSR count). The van der Waals surface area contributed by atoms with Gasteiger partial charge in [-0.15, -0.1) is 0 Å². The van der Waals surface area contributed by atoms with Gasteiger partial charge in [-0.25, -0.2) is 0 Å². The number of piperazine rings is 1. The molecule has 1 aromatic rings. The van der Waals surface area contributed by atoms with E-state index in [-0.39, 0.29) is 0 Å². The third-order valence-corrected chi connectivity index (χ3v) is 3.18. The van der Waals surface area contributed by atoms with Crippen molar-refractivity contribution in [2.24, 2.45) is 0 Å². The van der Waals surface area contributed by atoms with Crippen molar-refractivity contribution in [3.05, 3.63) is 29.8 Å². The van der Waals surface area contributed by atoms with E-state index >= 15 is 0 Å². The normalized spacial score (nSPS) is 20.6. The van der Waals surface area contributed by atoms with Crippen molar-refractivity contribution in [1.29, 1.82) is 0 Å². The van der Waals surface area contributed by atoms with Crippen LogP contribution in [0.25, 0.3) is 0 Å². The van der Waals surface area contributed by atoms with E-state index in [2.05, 4.69) is 5.32 Å². The Kier molecular flexibility index (Phi) is 4.17. The van der Waals surface area contributed by atoms with Gasteiger partial charge in [0.1, 0.15) is 11.8 Å². The molecule has 1 heterocycles. The maximum atomic E-state index is 11.2. The van der Waals surface area contributed by atoms with Crippen LogP contribution in [0.1, 0.15) is 5.56 Å². The van der Waals surface area contributed by atoms with Crippen LogP contribution >= 0.6 is 0 Å². The number of benzene rings is 1. The minimum absolute atomic E-state index is 0.444.